The van der Waals surface area contributed by atoms with Crippen LogP contribution in [0.4, 0.5) is 5.69 Å². The molecule has 1 aromatic carbocycles. The maximum Gasteiger partial charge on any atom is 0.264 e. The Labute approximate surface area is 173 Å². The van der Waals surface area contributed by atoms with E-state index in [-0.39, 0.29) is 18.4 Å². The van der Waals surface area contributed by atoms with E-state index in [0.29, 0.717) is 26.5 Å². The molecule has 0 saturated heterocycles. The first-order valence-electron chi connectivity index (χ1n) is 9.00. The van der Waals surface area contributed by atoms with Gasteiger partial charge in [0.15, 0.2) is 0 Å². The molecule has 0 fully saturated rings. The van der Waals surface area contributed by atoms with Gasteiger partial charge in [0, 0.05) is 11.9 Å². The Morgan fingerprint density at radius 3 is 2.67 bits per heavy atom. The predicted octanol–water partition coefficient (Wildman–Crippen LogP) is 5.28. The van der Waals surface area contributed by atoms with Crippen LogP contribution in [-0.2, 0) is 17.6 Å². The van der Waals surface area contributed by atoms with Crippen molar-refractivity contribution >= 4 is 52.0 Å². The lowest BCUT2D eigenvalue weighted by atomic mass is 9.87. The summed E-state index contributed by atoms with van der Waals surface area (Å²) in [6.07, 6.45) is 4.45. The highest BCUT2D eigenvalue weighted by Gasteiger charge is 2.24. The normalized spacial score (nSPS) is 15.9. The van der Waals surface area contributed by atoms with E-state index in [1.54, 1.807) is 36.6 Å². The summed E-state index contributed by atoms with van der Waals surface area (Å²) in [5.74, 6) is 0.231. The van der Waals surface area contributed by atoms with Gasteiger partial charge >= 0.3 is 0 Å². The van der Waals surface area contributed by atoms with Crippen molar-refractivity contribution in [1.82, 2.24) is 4.90 Å². The van der Waals surface area contributed by atoms with Crippen molar-refractivity contribution in [2.75, 3.05) is 18.9 Å². The van der Waals surface area contributed by atoms with Crippen molar-refractivity contribution in [3.8, 4) is 0 Å². The molecule has 1 heterocycles. The molecule has 0 spiro atoms. The average Bonchev–Trinajstić information content (AvgIpc) is 3.07. The Balaban J connectivity index is 1.64. The molecule has 7 heteroatoms. The highest BCUT2D eigenvalue weighted by Crippen LogP contribution is 2.34. The number of halogens is 2. The second kappa shape index (κ2) is 8.63. The SMILES string of the molecule is CC[C@@H]1CCc2sc(C(=O)N(C)CC(=O)Nc3c(Cl)cccc3Cl)cc2C1. The number of benzene rings is 1. The third-order valence-electron chi connectivity index (χ3n) is 4.93. The van der Waals surface area contributed by atoms with Gasteiger partial charge in [-0.05, 0) is 48.9 Å². The number of anilines is 1. The number of carbonyl (C=O) groups excluding carboxylic acids is 2. The lowest BCUT2D eigenvalue weighted by molar-refractivity contribution is -0.116. The Morgan fingerprint density at radius 1 is 1.30 bits per heavy atom. The average molecular weight is 425 g/mol. The number of nitrogens with zero attached hydrogens (tertiary/aromatic N) is 1. The van der Waals surface area contributed by atoms with E-state index in [9.17, 15) is 9.59 Å². The zero-order valence-corrected chi connectivity index (χ0v) is 17.7. The van der Waals surface area contributed by atoms with Gasteiger partial charge in [-0.3, -0.25) is 9.59 Å². The van der Waals surface area contributed by atoms with Gasteiger partial charge in [-0.25, -0.2) is 0 Å². The Bertz CT molecular complexity index is 845. The molecule has 2 amide bonds. The summed E-state index contributed by atoms with van der Waals surface area (Å²) in [5, 5.41) is 3.41. The van der Waals surface area contributed by atoms with Crippen LogP contribution < -0.4 is 5.32 Å². The van der Waals surface area contributed by atoms with Crippen molar-refractivity contribution < 1.29 is 9.59 Å². The van der Waals surface area contributed by atoms with Crippen molar-refractivity contribution in [1.29, 1.82) is 0 Å². The Kier molecular flexibility index (Phi) is 6.45. The quantitative estimate of drug-likeness (QED) is 0.709. The molecular formula is C20H22Cl2N2O2S. The van der Waals surface area contributed by atoms with Crippen LogP contribution in [0, 0.1) is 5.92 Å². The minimum atomic E-state index is -0.340. The van der Waals surface area contributed by atoms with Gasteiger partial charge < -0.3 is 10.2 Å². The monoisotopic (exact) mass is 424 g/mol. The lowest BCUT2D eigenvalue weighted by Crippen LogP contribution is -2.34. The van der Waals surface area contributed by atoms with Crippen LogP contribution in [0.25, 0.3) is 0 Å². The Hall–Kier alpha value is -1.56. The highest BCUT2D eigenvalue weighted by atomic mass is 35.5. The maximum absolute atomic E-state index is 12.7. The molecule has 3 rings (SSSR count). The second-order valence-electron chi connectivity index (χ2n) is 6.88. The van der Waals surface area contributed by atoms with E-state index >= 15 is 0 Å². The largest absolute Gasteiger partial charge is 0.332 e. The second-order valence-corrected chi connectivity index (χ2v) is 8.83. The summed E-state index contributed by atoms with van der Waals surface area (Å²) in [7, 11) is 1.63. The summed E-state index contributed by atoms with van der Waals surface area (Å²) >= 11 is 13.7. The molecule has 1 N–H and O–H groups in total. The van der Waals surface area contributed by atoms with Gasteiger partial charge in [-0.15, -0.1) is 11.3 Å². The van der Waals surface area contributed by atoms with Gasteiger partial charge in [0.05, 0.1) is 27.2 Å². The number of amides is 2. The number of hydrogen-bond acceptors (Lipinski definition) is 3. The van der Waals surface area contributed by atoms with E-state index in [1.807, 2.05) is 6.07 Å². The summed E-state index contributed by atoms with van der Waals surface area (Å²) in [6.45, 7) is 2.15. The molecule has 1 aromatic heterocycles. The number of fused-ring (bicyclic) bond motifs is 1. The molecule has 0 unspecified atom stereocenters. The number of hydrogen-bond donors (Lipinski definition) is 1. The van der Waals surface area contributed by atoms with Crippen molar-refractivity contribution in [3.05, 3.63) is 49.6 Å². The summed E-state index contributed by atoms with van der Waals surface area (Å²) in [4.78, 5) is 28.5. The molecular weight excluding hydrogens is 403 g/mol. The van der Waals surface area contributed by atoms with Crippen molar-refractivity contribution in [2.45, 2.75) is 32.6 Å². The van der Waals surface area contributed by atoms with E-state index in [0.717, 1.165) is 12.8 Å². The molecule has 1 aliphatic rings. The number of thiophene rings is 1. The first kappa shape index (κ1) is 20.2. The molecule has 0 bridgehead atoms. The van der Waals surface area contributed by atoms with Crippen LogP contribution in [0.3, 0.4) is 0 Å². The fraction of sp³-hybridized carbons (Fsp3) is 0.400. The first-order valence-corrected chi connectivity index (χ1v) is 10.6. The number of para-hydroxylation sites is 1. The summed E-state index contributed by atoms with van der Waals surface area (Å²) < 4.78 is 0. The van der Waals surface area contributed by atoms with Gasteiger partial charge in [0.1, 0.15) is 0 Å². The zero-order chi connectivity index (χ0) is 19.6. The Morgan fingerprint density at radius 2 is 2.00 bits per heavy atom. The molecule has 144 valence electrons. The van der Waals surface area contributed by atoms with Crippen LogP contribution in [0.2, 0.25) is 10.0 Å². The van der Waals surface area contributed by atoms with Crippen LogP contribution in [0.1, 0.15) is 39.9 Å². The third kappa shape index (κ3) is 4.65. The summed E-state index contributed by atoms with van der Waals surface area (Å²) in [6, 6.07) is 7.01. The van der Waals surface area contributed by atoms with Crippen LogP contribution in [0.5, 0.6) is 0 Å². The molecule has 0 saturated carbocycles. The smallest absolute Gasteiger partial charge is 0.264 e. The van der Waals surface area contributed by atoms with Gasteiger partial charge in [-0.1, -0.05) is 42.6 Å². The van der Waals surface area contributed by atoms with Crippen LogP contribution in [-0.4, -0.2) is 30.3 Å². The molecule has 1 aliphatic carbocycles. The molecule has 0 aliphatic heterocycles. The van der Waals surface area contributed by atoms with Gasteiger partial charge in [-0.2, -0.15) is 0 Å². The number of nitrogens with one attached hydrogen (secondary N) is 1. The third-order valence-corrected chi connectivity index (χ3v) is 6.78. The maximum atomic E-state index is 12.7. The number of rotatable bonds is 5. The molecule has 0 radical (unpaired) electrons. The first-order chi connectivity index (χ1) is 12.9. The number of carbonyl (C=O) groups is 2. The molecule has 27 heavy (non-hydrogen) atoms. The predicted molar refractivity (Wildman–Crippen MR) is 112 cm³/mol. The molecule has 4 nitrogen and oxygen atoms in total. The highest BCUT2D eigenvalue weighted by molar-refractivity contribution is 7.14. The number of likely N-dealkylation sites (N-methyl/N-ethyl adjacent to an activating group) is 1. The lowest BCUT2D eigenvalue weighted by Gasteiger charge is -2.19. The van der Waals surface area contributed by atoms with E-state index in [1.165, 1.54) is 28.2 Å². The minimum absolute atomic E-state index is 0.0689. The van der Waals surface area contributed by atoms with Gasteiger partial charge in [0.25, 0.3) is 5.91 Å². The fourth-order valence-corrected chi connectivity index (χ4v) is 5.02. The molecule has 1 atom stereocenters. The standard InChI is InChI=1S/C20H22Cl2N2O2S/c1-3-12-7-8-16-13(9-12)10-17(27-16)20(26)24(2)11-18(25)23-19-14(21)5-4-6-15(19)22/h4-6,10,12H,3,7-9,11H2,1-2H3,(H,23,25)/t12-/m1/s1. The van der Waals surface area contributed by atoms with Crippen molar-refractivity contribution in [2.24, 2.45) is 5.92 Å². The van der Waals surface area contributed by atoms with Crippen molar-refractivity contribution in [3.63, 3.8) is 0 Å². The summed E-state index contributed by atoms with van der Waals surface area (Å²) in [5.41, 5.74) is 1.66. The zero-order valence-electron chi connectivity index (χ0n) is 15.4. The van der Waals surface area contributed by atoms with Crippen LogP contribution >= 0.6 is 34.5 Å². The van der Waals surface area contributed by atoms with Crippen LogP contribution in [0.15, 0.2) is 24.3 Å². The fourth-order valence-electron chi connectivity index (χ4n) is 3.32. The van der Waals surface area contributed by atoms with E-state index < -0.39 is 0 Å². The molecule has 2 aromatic rings. The topological polar surface area (TPSA) is 49.4 Å². The minimum Gasteiger partial charge on any atom is -0.332 e. The van der Waals surface area contributed by atoms with E-state index in [2.05, 4.69) is 12.2 Å². The van der Waals surface area contributed by atoms with Gasteiger partial charge in [0.2, 0.25) is 5.91 Å². The van der Waals surface area contributed by atoms with E-state index in [4.69, 9.17) is 23.2 Å². The number of aryl methyl sites for hydroxylation is 1.